The highest BCUT2D eigenvalue weighted by atomic mass is 32.2. The molecule has 152 valence electrons. The Bertz CT molecular complexity index is 1080. The van der Waals surface area contributed by atoms with Crippen LogP contribution in [-0.4, -0.2) is 48.5 Å². The molecule has 0 aliphatic carbocycles. The molecule has 1 aromatic heterocycles. The van der Waals surface area contributed by atoms with Gasteiger partial charge in [-0.1, -0.05) is 54.2 Å². The molecular weight excluding hydrogens is 428 g/mol. The largest absolute Gasteiger partial charge is 0.353 e. The molecule has 0 aliphatic heterocycles. The van der Waals surface area contributed by atoms with E-state index < -0.39 is 10.0 Å². The van der Waals surface area contributed by atoms with E-state index in [1.54, 1.807) is 12.1 Å². The monoisotopic (exact) mass is 448 g/mol. The van der Waals surface area contributed by atoms with E-state index in [4.69, 9.17) is 0 Å². The minimum Gasteiger partial charge on any atom is -0.353 e. The minimum absolute atomic E-state index is 0.00342. The maximum atomic E-state index is 12.5. The van der Waals surface area contributed by atoms with Crippen LogP contribution < -0.4 is 5.32 Å². The third-order valence-corrected chi connectivity index (χ3v) is 7.47. The number of hydrogen-bond donors (Lipinski definition) is 1. The normalized spacial score (nSPS) is 11.6. The topological polar surface area (TPSA) is 92.3 Å². The zero-order chi connectivity index (χ0) is 20.9. The molecule has 2 aromatic carbocycles. The highest BCUT2D eigenvalue weighted by Gasteiger charge is 2.18. The number of aromatic nitrogens is 2. The molecule has 0 fully saturated rings. The van der Waals surface area contributed by atoms with Gasteiger partial charge in [0.05, 0.1) is 11.4 Å². The van der Waals surface area contributed by atoms with E-state index in [-0.39, 0.29) is 17.2 Å². The number of anilines is 1. The summed E-state index contributed by atoms with van der Waals surface area (Å²) in [5, 5.41) is 4.16. The van der Waals surface area contributed by atoms with E-state index in [0.29, 0.717) is 15.9 Å². The molecule has 0 aliphatic rings. The lowest BCUT2D eigenvalue weighted by molar-refractivity contribution is 0.101. The van der Waals surface area contributed by atoms with Crippen LogP contribution in [0.25, 0.3) is 0 Å². The molecule has 0 bridgehead atoms. The first-order chi connectivity index (χ1) is 13.9. The van der Waals surface area contributed by atoms with E-state index in [1.165, 1.54) is 55.1 Å². The summed E-state index contributed by atoms with van der Waals surface area (Å²) in [6.07, 6.45) is 0. The fourth-order valence-electron chi connectivity index (χ4n) is 2.36. The van der Waals surface area contributed by atoms with Crippen molar-refractivity contribution in [3.8, 4) is 0 Å². The van der Waals surface area contributed by atoms with E-state index in [2.05, 4.69) is 14.7 Å². The van der Waals surface area contributed by atoms with Crippen LogP contribution in [0.5, 0.6) is 0 Å². The van der Waals surface area contributed by atoms with Gasteiger partial charge in [0.15, 0.2) is 5.78 Å². The van der Waals surface area contributed by atoms with Crippen LogP contribution in [0, 0.1) is 0 Å². The van der Waals surface area contributed by atoms with Crippen LogP contribution in [0.4, 0.5) is 5.13 Å². The number of ketones is 1. The van der Waals surface area contributed by atoms with Crippen molar-refractivity contribution in [2.75, 3.05) is 26.0 Å². The van der Waals surface area contributed by atoms with Gasteiger partial charge < -0.3 is 5.32 Å². The Kier molecular flexibility index (Phi) is 7.01. The number of carbonyl (C=O) groups is 1. The fraction of sp³-hybridized carbons (Fsp3) is 0.211. The summed E-state index contributed by atoms with van der Waals surface area (Å²) < 4.78 is 29.9. The Hall–Kier alpha value is -2.27. The second-order valence-electron chi connectivity index (χ2n) is 6.25. The number of sulfonamides is 1. The van der Waals surface area contributed by atoms with E-state index >= 15 is 0 Å². The molecule has 3 aromatic rings. The number of nitrogens with zero attached hydrogens (tertiary/aromatic N) is 3. The van der Waals surface area contributed by atoms with Crippen LogP contribution in [0.2, 0.25) is 0 Å². The molecular formula is C19H20N4O3S3. The first-order valence-corrected chi connectivity index (χ1v) is 11.9. The summed E-state index contributed by atoms with van der Waals surface area (Å²) in [4.78, 5) is 16.9. The van der Waals surface area contributed by atoms with Crippen LogP contribution >= 0.6 is 23.3 Å². The number of hydrogen-bond acceptors (Lipinski definition) is 8. The second kappa shape index (κ2) is 9.49. The van der Waals surface area contributed by atoms with Crippen molar-refractivity contribution in [3.63, 3.8) is 0 Å². The number of Topliss-reactive ketones (excluding diaryl/α,β-unsaturated/α-hetero) is 1. The number of benzene rings is 2. The van der Waals surface area contributed by atoms with Gasteiger partial charge in [0, 0.05) is 36.9 Å². The second-order valence-corrected chi connectivity index (χ2v) is 10.1. The first kappa shape index (κ1) is 21.4. The van der Waals surface area contributed by atoms with Crippen LogP contribution in [0.3, 0.4) is 0 Å². The highest BCUT2D eigenvalue weighted by molar-refractivity contribution is 7.98. The minimum atomic E-state index is -3.59. The molecule has 0 saturated carbocycles. The van der Waals surface area contributed by atoms with Gasteiger partial charge in [-0.25, -0.2) is 12.7 Å². The van der Waals surface area contributed by atoms with Crippen molar-refractivity contribution in [1.29, 1.82) is 0 Å². The Labute approximate surface area is 178 Å². The Morgan fingerprint density at radius 2 is 1.90 bits per heavy atom. The predicted octanol–water partition coefficient (Wildman–Crippen LogP) is 3.38. The molecule has 1 heterocycles. The zero-order valence-electron chi connectivity index (χ0n) is 15.9. The lowest BCUT2D eigenvalue weighted by atomic mass is 10.1. The van der Waals surface area contributed by atoms with Gasteiger partial charge >= 0.3 is 0 Å². The number of carbonyl (C=O) groups excluding carboxylic acids is 1. The molecule has 0 atom stereocenters. The van der Waals surface area contributed by atoms with Crippen LogP contribution in [0.1, 0.15) is 15.9 Å². The van der Waals surface area contributed by atoms with Crippen LogP contribution in [-0.2, 0) is 15.8 Å². The standard InChI is InChI=1S/C19H20N4O3S3/c1-23(2)29(25,26)16-10-6-9-15(11-16)17(24)12-20-18-21-19(22-28-18)27-13-14-7-4-3-5-8-14/h3-11H,12-13H2,1-2H3,(H,20,21,22). The summed E-state index contributed by atoms with van der Waals surface area (Å²) in [5.74, 6) is 0.540. The molecule has 3 rings (SSSR count). The van der Waals surface area contributed by atoms with E-state index in [9.17, 15) is 13.2 Å². The van der Waals surface area contributed by atoms with Crippen molar-refractivity contribution in [1.82, 2.24) is 13.7 Å². The van der Waals surface area contributed by atoms with E-state index in [1.807, 2.05) is 30.3 Å². The fourth-order valence-corrected chi connectivity index (χ4v) is 4.80. The number of thioether (sulfide) groups is 1. The van der Waals surface area contributed by atoms with Gasteiger partial charge in [0.25, 0.3) is 0 Å². The van der Waals surface area contributed by atoms with Gasteiger partial charge in [-0.15, -0.1) is 0 Å². The lowest BCUT2D eigenvalue weighted by Crippen LogP contribution is -2.22. The molecule has 0 unspecified atom stereocenters. The summed E-state index contributed by atoms with van der Waals surface area (Å²) >= 11 is 2.71. The SMILES string of the molecule is CN(C)S(=O)(=O)c1cccc(C(=O)CNc2nc(SCc3ccccc3)ns2)c1. The Morgan fingerprint density at radius 1 is 1.14 bits per heavy atom. The smallest absolute Gasteiger partial charge is 0.242 e. The zero-order valence-corrected chi connectivity index (χ0v) is 18.4. The van der Waals surface area contributed by atoms with Crippen molar-refractivity contribution >= 4 is 44.2 Å². The first-order valence-electron chi connectivity index (χ1n) is 8.66. The molecule has 0 spiro atoms. The molecule has 7 nitrogen and oxygen atoms in total. The Morgan fingerprint density at radius 3 is 2.62 bits per heavy atom. The van der Waals surface area contributed by atoms with Crippen molar-refractivity contribution in [3.05, 3.63) is 65.7 Å². The van der Waals surface area contributed by atoms with Gasteiger partial charge in [-0.3, -0.25) is 4.79 Å². The molecule has 29 heavy (non-hydrogen) atoms. The average molecular weight is 449 g/mol. The highest BCUT2D eigenvalue weighted by Crippen LogP contribution is 2.23. The van der Waals surface area contributed by atoms with E-state index in [0.717, 1.165) is 10.1 Å². The van der Waals surface area contributed by atoms with Gasteiger partial charge in [0.2, 0.25) is 20.3 Å². The lowest BCUT2D eigenvalue weighted by Gasteiger charge is -2.12. The third-order valence-electron chi connectivity index (χ3n) is 3.95. The van der Waals surface area contributed by atoms with Gasteiger partial charge in [-0.05, 0) is 17.7 Å². The van der Waals surface area contributed by atoms with Crippen LogP contribution in [0.15, 0.2) is 64.6 Å². The molecule has 10 heteroatoms. The van der Waals surface area contributed by atoms with Crippen molar-refractivity contribution < 1.29 is 13.2 Å². The summed E-state index contributed by atoms with van der Waals surface area (Å²) in [6, 6.07) is 16.1. The summed E-state index contributed by atoms with van der Waals surface area (Å²) in [7, 11) is -0.683. The Balaban J connectivity index is 1.58. The molecule has 1 N–H and O–H groups in total. The quantitative estimate of drug-likeness (QED) is 0.396. The predicted molar refractivity (Wildman–Crippen MR) is 116 cm³/mol. The molecule has 0 saturated heterocycles. The number of nitrogens with one attached hydrogen (secondary N) is 1. The van der Waals surface area contributed by atoms with Crippen molar-refractivity contribution in [2.24, 2.45) is 0 Å². The number of rotatable bonds is 9. The third kappa shape index (κ3) is 5.63. The summed E-state index contributed by atoms with van der Waals surface area (Å²) in [6.45, 7) is 0.00342. The maximum absolute atomic E-state index is 12.5. The maximum Gasteiger partial charge on any atom is 0.242 e. The van der Waals surface area contributed by atoms with Gasteiger partial charge in [0.1, 0.15) is 0 Å². The molecule has 0 amide bonds. The average Bonchev–Trinajstić information content (AvgIpc) is 3.19. The van der Waals surface area contributed by atoms with Crippen molar-refractivity contribution in [2.45, 2.75) is 15.8 Å². The van der Waals surface area contributed by atoms with Gasteiger partial charge in [-0.2, -0.15) is 9.36 Å². The summed E-state index contributed by atoms with van der Waals surface area (Å²) in [5.41, 5.74) is 1.51. The molecule has 0 radical (unpaired) electrons.